The van der Waals surface area contributed by atoms with Gasteiger partial charge in [0, 0.05) is 19.4 Å². The van der Waals surface area contributed by atoms with Gasteiger partial charge < -0.3 is 10.5 Å². The van der Waals surface area contributed by atoms with Crippen molar-refractivity contribution in [3.63, 3.8) is 0 Å². The van der Waals surface area contributed by atoms with E-state index in [2.05, 4.69) is 30.0 Å². The Morgan fingerprint density at radius 1 is 0.850 bits per heavy atom. The van der Waals surface area contributed by atoms with Crippen LogP contribution in [0.3, 0.4) is 0 Å². The summed E-state index contributed by atoms with van der Waals surface area (Å²) in [6, 6.07) is 18.3. The van der Waals surface area contributed by atoms with E-state index in [0.717, 1.165) is 18.6 Å². The zero-order valence-electron chi connectivity index (χ0n) is 11.5. The first-order valence-electron chi connectivity index (χ1n) is 6.80. The van der Waals surface area contributed by atoms with Crippen LogP contribution in [0, 0.1) is 11.8 Å². The van der Waals surface area contributed by atoms with E-state index in [-0.39, 0.29) is 0 Å². The van der Waals surface area contributed by atoms with E-state index >= 15 is 0 Å². The lowest BCUT2D eigenvalue weighted by Crippen LogP contribution is -2.10. The molecule has 2 N–H and O–H groups in total. The highest BCUT2D eigenvalue weighted by atomic mass is 16.5. The highest BCUT2D eigenvalue weighted by Crippen LogP contribution is 2.13. The third-order valence-electron chi connectivity index (χ3n) is 2.84. The maximum atomic E-state index is 5.50. The van der Waals surface area contributed by atoms with Crippen LogP contribution in [0.2, 0.25) is 0 Å². The Morgan fingerprint density at radius 3 is 2.30 bits per heavy atom. The minimum atomic E-state index is 0.529. The molecule has 0 unspecified atom stereocenters. The molecule has 0 saturated heterocycles. The topological polar surface area (TPSA) is 35.2 Å². The number of benzene rings is 2. The van der Waals surface area contributed by atoms with Crippen molar-refractivity contribution in [1.82, 2.24) is 0 Å². The van der Waals surface area contributed by atoms with Gasteiger partial charge in [-0.3, -0.25) is 0 Å². The van der Waals surface area contributed by atoms with Crippen molar-refractivity contribution in [2.24, 2.45) is 5.73 Å². The van der Waals surface area contributed by atoms with Gasteiger partial charge in [-0.2, -0.15) is 0 Å². The summed E-state index contributed by atoms with van der Waals surface area (Å²) in [4.78, 5) is 0. The van der Waals surface area contributed by atoms with Gasteiger partial charge in [-0.25, -0.2) is 0 Å². The molecule has 0 saturated carbocycles. The average Bonchev–Trinajstić information content (AvgIpc) is 2.51. The lowest BCUT2D eigenvalue weighted by atomic mass is 10.1. The Kier molecular flexibility index (Phi) is 5.70. The van der Waals surface area contributed by atoms with E-state index in [1.54, 1.807) is 0 Å². The summed E-state index contributed by atoms with van der Waals surface area (Å²) in [6.07, 6.45) is 1.54. The van der Waals surface area contributed by atoms with E-state index in [1.165, 1.54) is 11.1 Å². The second kappa shape index (κ2) is 8.04. The molecule has 2 aromatic carbocycles. The molecule has 0 aliphatic rings. The molecule has 102 valence electrons. The molecule has 2 nitrogen and oxygen atoms in total. The average molecular weight is 265 g/mol. The SMILES string of the molecule is NCCOc1cccc(CC#CCc2ccccc2)c1. The molecule has 0 radical (unpaired) electrons. The maximum absolute atomic E-state index is 5.50. The summed E-state index contributed by atoms with van der Waals surface area (Å²) in [7, 11) is 0. The van der Waals surface area contributed by atoms with Crippen molar-refractivity contribution in [2.45, 2.75) is 12.8 Å². The van der Waals surface area contributed by atoms with Crippen LogP contribution in [-0.4, -0.2) is 13.2 Å². The van der Waals surface area contributed by atoms with Gasteiger partial charge in [-0.05, 0) is 23.3 Å². The molecule has 0 aliphatic heterocycles. The predicted molar refractivity (Wildman–Crippen MR) is 82.6 cm³/mol. The first-order valence-corrected chi connectivity index (χ1v) is 6.80. The largest absolute Gasteiger partial charge is 0.492 e. The summed E-state index contributed by atoms with van der Waals surface area (Å²) >= 11 is 0. The van der Waals surface area contributed by atoms with Gasteiger partial charge in [0.25, 0.3) is 0 Å². The molecule has 2 rings (SSSR count). The van der Waals surface area contributed by atoms with Crippen LogP contribution in [0.4, 0.5) is 0 Å². The fourth-order valence-corrected chi connectivity index (χ4v) is 1.85. The molecule has 20 heavy (non-hydrogen) atoms. The molecular weight excluding hydrogens is 246 g/mol. The predicted octanol–water partition coefficient (Wildman–Crippen LogP) is 2.81. The Morgan fingerprint density at radius 2 is 1.55 bits per heavy atom. The zero-order chi connectivity index (χ0) is 14.0. The summed E-state index contributed by atoms with van der Waals surface area (Å²) in [5.74, 6) is 7.26. The Balaban J connectivity index is 1.88. The van der Waals surface area contributed by atoms with Gasteiger partial charge in [0.05, 0.1) is 0 Å². The fraction of sp³-hybridized carbons (Fsp3) is 0.222. The molecule has 0 spiro atoms. The van der Waals surface area contributed by atoms with E-state index < -0.39 is 0 Å². The number of hydrogen-bond donors (Lipinski definition) is 1. The first kappa shape index (κ1) is 14.2. The summed E-state index contributed by atoms with van der Waals surface area (Å²) in [6.45, 7) is 1.07. The quantitative estimate of drug-likeness (QED) is 0.844. The fourth-order valence-electron chi connectivity index (χ4n) is 1.85. The summed E-state index contributed by atoms with van der Waals surface area (Å²) in [5.41, 5.74) is 7.84. The molecule has 0 fully saturated rings. The molecule has 2 heteroatoms. The minimum absolute atomic E-state index is 0.529. The maximum Gasteiger partial charge on any atom is 0.119 e. The Hall–Kier alpha value is -2.24. The minimum Gasteiger partial charge on any atom is -0.492 e. The highest BCUT2D eigenvalue weighted by molar-refractivity contribution is 5.31. The van der Waals surface area contributed by atoms with Crippen LogP contribution >= 0.6 is 0 Å². The molecule has 0 atom stereocenters. The number of nitrogens with two attached hydrogens (primary N) is 1. The van der Waals surface area contributed by atoms with Crippen LogP contribution in [0.5, 0.6) is 5.75 Å². The molecule has 0 bridgehead atoms. The third kappa shape index (κ3) is 4.79. The van der Waals surface area contributed by atoms with Crippen LogP contribution in [0.15, 0.2) is 54.6 Å². The highest BCUT2D eigenvalue weighted by Gasteiger charge is 1.95. The number of rotatable bonds is 5. The second-order valence-electron chi connectivity index (χ2n) is 4.48. The molecule has 0 heterocycles. The zero-order valence-corrected chi connectivity index (χ0v) is 11.5. The van der Waals surface area contributed by atoms with Crippen molar-refractivity contribution in [2.75, 3.05) is 13.2 Å². The summed E-state index contributed by atoms with van der Waals surface area (Å²) in [5, 5.41) is 0. The number of ether oxygens (including phenoxy) is 1. The van der Waals surface area contributed by atoms with Crippen molar-refractivity contribution < 1.29 is 4.74 Å². The molecular formula is C18H19NO. The van der Waals surface area contributed by atoms with Gasteiger partial charge in [0.1, 0.15) is 12.4 Å². The van der Waals surface area contributed by atoms with Gasteiger partial charge >= 0.3 is 0 Å². The van der Waals surface area contributed by atoms with Gasteiger partial charge in [-0.15, -0.1) is 0 Å². The van der Waals surface area contributed by atoms with Crippen molar-refractivity contribution >= 4 is 0 Å². The van der Waals surface area contributed by atoms with E-state index in [1.807, 2.05) is 36.4 Å². The molecule has 0 amide bonds. The van der Waals surface area contributed by atoms with Gasteiger partial charge in [-0.1, -0.05) is 54.3 Å². The Bertz CT molecular complexity index is 581. The van der Waals surface area contributed by atoms with Crippen molar-refractivity contribution in [1.29, 1.82) is 0 Å². The molecule has 2 aromatic rings. The smallest absolute Gasteiger partial charge is 0.119 e. The van der Waals surface area contributed by atoms with Gasteiger partial charge in [0.15, 0.2) is 0 Å². The Labute approximate surface area is 120 Å². The first-order chi connectivity index (χ1) is 9.88. The van der Waals surface area contributed by atoms with Crippen molar-refractivity contribution in [3.05, 3.63) is 65.7 Å². The molecule has 0 aliphatic carbocycles. The van der Waals surface area contributed by atoms with Crippen LogP contribution in [0.1, 0.15) is 11.1 Å². The van der Waals surface area contributed by atoms with Crippen molar-refractivity contribution in [3.8, 4) is 17.6 Å². The lowest BCUT2D eigenvalue weighted by molar-refractivity contribution is 0.328. The van der Waals surface area contributed by atoms with Crippen LogP contribution in [-0.2, 0) is 12.8 Å². The molecule has 0 aromatic heterocycles. The second-order valence-corrected chi connectivity index (χ2v) is 4.48. The van der Waals surface area contributed by atoms with E-state index in [4.69, 9.17) is 10.5 Å². The van der Waals surface area contributed by atoms with Crippen LogP contribution < -0.4 is 10.5 Å². The van der Waals surface area contributed by atoms with Gasteiger partial charge in [0.2, 0.25) is 0 Å². The van der Waals surface area contributed by atoms with E-state index in [0.29, 0.717) is 13.2 Å². The van der Waals surface area contributed by atoms with Crippen LogP contribution in [0.25, 0.3) is 0 Å². The van der Waals surface area contributed by atoms with E-state index in [9.17, 15) is 0 Å². The lowest BCUT2D eigenvalue weighted by Gasteiger charge is -2.05. The normalized spacial score (nSPS) is 9.65. The number of hydrogen-bond acceptors (Lipinski definition) is 2. The monoisotopic (exact) mass is 265 g/mol. The standard InChI is InChI=1S/C18H19NO/c19-13-14-20-18-12-6-11-17(15-18)10-5-4-9-16-7-2-1-3-8-16/h1-3,6-8,11-12,15H,9-10,13-14,19H2. The summed E-state index contributed by atoms with van der Waals surface area (Å²) < 4.78 is 5.50. The third-order valence-corrected chi connectivity index (χ3v) is 2.84.